The highest BCUT2D eigenvalue weighted by Crippen LogP contribution is 2.38. The van der Waals surface area contributed by atoms with Crippen LogP contribution in [0.25, 0.3) is 22.2 Å². The van der Waals surface area contributed by atoms with Gasteiger partial charge in [0, 0.05) is 17.0 Å². The van der Waals surface area contributed by atoms with Crippen LogP contribution >= 0.6 is 38.5 Å². The fraction of sp³-hybridized carbons (Fsp3) is 0.250. The lowest BCUT2D eigenvalue weighted by atomic mass is 10.0. The van der Waals surface area contributed by atoms with Crippen LogP contribution in [-0.2, 0) is 12.8 Å². The van der Waals surface area contributed by atoms with Gasteiger partial charge in [0.1, 0.15) is 5.75 Å². The summed E-state index contributed by atoms with van der Waals surface area (Å²) < 4.78 is 5.61. The maximum Gasteiger partial charge on any atom is 0.121 e. The van der Waals surface area contributed by atoms with E-state index in [0.29, 0.717) is 0 Å². The third kappa shape index (κ3) is 2.94. The molecule has 1 aromatic heterocycles. The predicted octanol–water partition coefficient (Wildman–Crippen LogP) is 6.23. The second kappa shape index (κ2) is 6.64. The number of benzene rings is 2. The highest BCUT2D eigenvalue weighted by Gasteiger charge is 2.15. The van der Waals surface area contributed by atoms with Crippen LogP contribution in [0.4, 0.5) is 0 Å². The zero-order valence-corrected chi connectivity index (χ0v) is 17.1. The number of hydrogen-bond donors (Lipinski definition) is 0. The van der Waals surface area contributed by atoms with E-state index in [1.165, 1.54) is 41.5 Å². The Balaban J connectivity index is 1.91. The summed E-state index contributed by atoms with van der Waals surface area (Å²) in [7, 11) is 1.69. The number of aryl methyl sites for hydroxylation is 2. The van der Waals surface area contributed by atoms with Gasteiger partial charge in [-0.3, -0.25) is 0 Å². The molecule has 0 saturated heterocycles. The van der Waals surface area contributed by atoms with Crippen LogP contribution in [0.3, 0.4) is 0 Å². The molecule has 122 valence electrons. The molecule has 2 nitrogen and oxygen atoms in total. The highest BCUT2D eigenvalue weighted by molar-refractivity contribution is 14.1. The molecule has 0 aliphatic heterocycles. The molecule has 0 amide bonds. The first-order valence-corrected chi connectivity index (χ1v) is 10.2. The molecule has 0 saturated carbocycles. The molecular formula is C20H17BrINO. The Labute approximate surface area is 163 Å². The van der Waals surface area contributed by atoms with Crippen LogP contribution in [0, 0.1) is 0 Å². The van der Waals surface area contributed by atoms with Gasteiger partial charge in [0.15, 0.2) is 0 Å². The van der Waals surface area contributed by atoms with Crippen LogP contribution in [-0.4, -0.2) is 12.1 Å². The Kier molecular flexibility index (Phi) is 4.52. The van der Waals surface area contributed by atoms with Gasteiger partial charge in [-0.05, 0) is 60.2 Å². The second-order valence-corrected chi connectivity index (χ2v) is 9.99. The van der Waals surface area contributed by atoms with Crippen molar-refractivity contribution in [2.75, 3.05) is 7.11 Å². The summed E-state index contributed by atoms with van der Waals surface area (Å²) in [6, 6.07) is 15.1. The molecule has 1 aliphatic rings. The van der Waals surface area contributed by atoms with E-state index in [0.717, 1.165) is 22.3 Å². The Bertz CT molecular complexity index is 923. The molecule has 3 aromatic rings. The minimum atomic E-state index is 0.238. The van der Waals surface area contributed by atoms with E-state index in [1.54, 1.807) is 7.11 Å². The predicted molar refractivity (Wildman–Crippen MR) is 111 cm³/mol. The van der Waals surface area contributed by atoms with Crippen LogP contribution < -0.4 is 4.74 Å². The number of hydrogen-bond acceptors (Lipinski definition) is 2. The lowest BCUT2D eigenvalue weighted by Crippen LogP contribution is -1.94. The van der Waals surface area contributed by atoms with Gasteiger partial charge < -0.3 is 4.74 Å². The van der Waals surface area contributed by atoms with E-state index >= 15 is 0 Å². The Morgan fingerprint density at radius 2 is 1.92 bits per heavy atom. The average molecular weight is 494 g/mol. The fourth-order valence-corrected chi connectivity index (χ4v) is 4.32. The van der Waals surface area contributed by atoms with Gasteiger partial charge in [0.05, 0.1) is 21.2 Å². The van der Waals surface area contributed by atoms with E-state index in [2.05, 4.69) is 68.9 Å². The molecule has 0 bridgehead atoms. The molecule has 1 aliphatic carbocycles. The monoisotopic (exact) mass is 493 g/mol. The molecule has 1 unspecified atom stereocenters. The number of rotatable bonds is 3. The Morgan fingerprint density at radius 1 is 1.08 bits per heavy atom. The van der Waals surface area contributed by atoms with Crippen molar-refractivity contribution in [1.29, 1.82) is 0 Å². The van der Waals surface area contributed by atoms with E-state index in [9.17, 15) is 0 Å². The molecule has 0 radical (unpaired) electrons. The molecule has 2 aromatic carbocycles. The highest BCUT2D eigenvalue weighted by atomic mass is 127. The summed E-state index contributed by atoms with van der Waals surface area (Å²) >= 11 is 6.12. The van der Waals surface area contributed by atoms with Crippen molar-refractivity contribution in [3.05, 3.63) is 59.2 Å². The van der Waals surface area contributed by atoms with Gasteiger partial charge in [-0.15, -0.1) is 0 Å². The number of fused-ring (bicyclic) bond motifs is 2. The van der Waals surface area contributed by atoms with E-state index in [1.807, 2.05) is 12.1 Å². The van der Waals surface area contributed by atoms with E-state index < -0.39 is 0 Å². The molecule has 0 spiro atoms. The summed E-state index contributed by atoms with van der Waals surface area (Å²) in [5.41, 5.74) is 7.43. The number of nitrogens with zero attached hydrogens (tertiary/aromatic N) is 1. The summed E-state index contributed by atoms with van der Waals surface area (Å²) in [4.78, 5) is 4.92. The van der Waals surface area contributed by atoms with Gasteiger partial charge >= 0.3 is 0 Å². The van der Waals surface area contributed by atoms with Crippen molar-refractivity contribution >= 4 is 49.4 Å². The first kappa shape index (κ1) is 16.3. The quantitative estimate of drug-likeness (QED) is 0.319. The number of pyridine rings is 1. The first-order chi connectivity index (χ1) is 11.7. The van der Waals surface area contributed by atoms with E-state index in [4.69, 9.17) is 9.72 Å². The normalized spacial score (nSPS) is 14.6. The largest absolute Gasteiger partial charge is 0.497 e. The maximum absolute atomic E-state index is 5.38. The molecule has 1 atom stereocenters. The standard InChI is InChI=1S/C20H17BrINO/c1-24-15-7-8-16-17(20(21)22)11-18(23-19(16)10-15)14-6-5-12-3-2-4-13(12)9-14/h5-11,20H,2-4H2,1H3. The van der Waals surface area contributed by atoms with Gasteiger partial charge in [0.25, 0.3) is 0 Å². The SMILES string of the molecule is COc1ccc2c(C(Br)I)cc(-c3ccc4c(c3)CCC4)nc2c1. The maximum atomic E-state index is 5.38. The van der Waals surface area contributed by atoms with Gasteiger partial charge in [-0.25, -0.2) is 4.98 Å². The molecule has 4 heteroatoms. The average Bonchev–Trinajstić information content (AvgIpc) is 3.07. The number of ether oxygens (including phenoxy) is 1. The van der Waals surface area contributed by atoms with Crippen LogP contribution in [0.5, 0.6) is 5.75 Å². The van der Waals surface area contributed by atoms with Crippen molar-refractivity contribution in [2.45, 2.75) is 22.1 Å². The van der Waals surface area contributed by atoms with Crippen LogP contribution in [0.1, 0.15) is 25.9 Å². The van der Waals surface area contributed by atoms with Crippen LogP contribution in [0.2, 0.25) is 0 Å². The minimum Gasteiger partial charge on any atom is -0.497 e. The summed E-state index contributed by atoms with van der Waals surface area (Å²) in [6.45, 7) is 0. The zero-order valence-electron chi connectivity index (χ0n) is 13.4. The molecular weight excluding hydrogens is 477 g/mol. The van der Waals surface area contributed by atoms with Gasteiger partial charge in [-0.2, -0.15) is 0 Å². The third-order valence-corrected chi connectivity index (χ3v) is 5.84. The molecule has 0 fully saturated rings. The Morgan fingerprint density at radius 3 is 2.71 bits per heavy atom. The molecule has 4 rings (SSSR count). The van der Waals surface area contributed by atoms with Crippen LogP contribution in [0.15, 0.2) is 42.5 Å². The third-order valence-electron chi connectivity index (χ3n) is 4.68. The van der Waals surface area contributed by atoms with Crippen molar-refractivity contribution in [3.63, 3.8) is 0 Å². The number of methoxy groups -OCH3 is 1. The molecule has 1 heterocycles. The molecule has 0 N–H and O–H groups in total. The number of halogens is 2. The Hall–Kier alpha value is -1.14. The number of alkyl halides is 2. The number of aromatic nitrogens is 1. The summed E-state index contributed by atoms with van der Waals surface area (Å²) in [6.07, 6.45) is 3.66. The van der Waals surface area contributed by atoms with Crippen molar-refractivity contribution < 1.29 is 4.74 Å². The van der Waals surface area contributed by atoms with E-state index in [-0.39, 0.29) is 2.83 Å². The van der Waals surface area contributed by atoms with Gasteiger partial charge in [-0.1, -0.05) is 50.7 Å². The molecule has 24 heavy (non-hydrogen) atoms. The minimum absolute atomic E-state index is 0.238. The lowest BCUT2D eigenvalue weighted by Gasteiger charge is -2.12. The smallest absolute Gasteiger partial charge is 0.121 e. The fourth-order valence-electron chi connectivity index (χ4n) is 3.42. The lowest BCUT2D eigenvalue weighted by molar-refractivity contribution is 0.415. The topological polar surface area (TPSA) is 22.1 Å². The summed E-state index contributed by atoms with van der Waals surface area (Å²) in [5, 5.41) is 1.16. The first-order valence-electron chi connectivity index (χ1n) is 8.05. The van der Waals surface area contributed by atoms with Crippen molar-refractivity contribution in [1.82, 2.24) is 4.98 Å². The summed E-state index contributed by atoms with van der Waals surface area (Å²) in [5.74, 6) is 0.839. The van der Waals surface area contributed by atoms with Gasteiger partial charge in [0.2, 0.25) is 0 Å². The van der Waals surface area contributed by atoms with Crippen molar-refractivity contribution in [2.24, 2.45) is 0 Å². The van der Waals surface area contributed by atoms with Crippen molar-refractivity contribution in [3.8, 4) is 17.0 Å². The zero-order chi connectivity index (χ0) is 16.7. The second-order valence-electron chi connectivity index (χ2n) is 6.12.